The zero-order chi connectivity index (χ0) is 24.4. The molecule has 2 aromatic rings. The normalized spacial score (nSPS) is 28.1. The van der Waals surface area contributed by atoms with Gasteiger partial charge in [0.15, 0.2) is 0 Å². The maximum Gasteiger partial charge on any atom is 0.312 e. The summed E-state index contributed by atoms with van der Waals surface area (Å²) in [5, 5.41) is 0. The average molecular weight is 480 g/mol. The third-order valence-electron chi connectivity index (χ3n) is 8.78. The van der Waals surface area contributed by atoms with E-state index in [1.165, 1.54) is 64.3 Å². The number of ether oxygens (including phenoxy) is 1. The highest BCUT2D eigenvalue weighted by atomic mass is 16.5. The van der Waals surface area contributed by atoms with Crippen LogP contribution in [0.15, 0.2) is 29.1 Å². The summed E-state index contributed by atoms with van der Waals surface area (Å²) in [6, 6.07) is 9.07. The minimum atomic E-state index is -0.396. The lowest BCUT2D eigenvalue weighted by Crippen LogP contribution is -2.44. The zero-order valence-corrected chi connectivity index (χ0v) is 21.5. The molecule has 6 heteroatoms. The molecule has 35 heavy (non-hydrogen) atoms. The molecule has 6 nitrogen and oxygen atoms in total. The van der Waals surface area contributed by atoms with Gasteiger partial charge in [-0.15, -0.1) is 0 Å². The van der Waals surface area contributed by atoms with E-state index >= 15 is 0 Å². The van der Waals surface area contributed by atoms with Crippen LogP contribution in [0, 0.1) is 11.8 Å². The van der Waals surface area contributed by atoms with Gasteiger partial charge >= 0.3 is 5.97 Å². The molecule has 1 saturated heterocycles. The van der Waals surface area contributed by atoms with Crippen LogP contribution in [0.1, 0.15) is 89.8 Å². The highest BCUT2D eigenvalue weighted by Crippen LogP contribution is 2.42. The Morgan fingerprint density at radius 2 is 1.83 bits per heavy atom. The first-order chi connectivity index (χ1) is 17.0. The van der Waals surface area contributed by atoms with E-state index in [4.69, 9.17) is 4.74 Å². The number of carbonyl (C=O) groups excluding carboxylic acids is 1. The van der Waals surface area contributed by atoms with E-state index in [1.807, 2.05) is 28.8 Å². The van der Waals surface area contributed by atoms with Crippen molar-refractivity contribution in [1.29, 1.82) is 0 Å². The fourth-order valence-corrected chi connectivity index (χ4v) is 7.33. The third-order valence-corrected chi connectivity index (χ3v) is 8.78. The van der Waals surface area contributed by atoms with Crippen LogP contribution >= 0.6 is 0 Å². The predicted molar refractivity (Wildman–Crippen MR) is 138 cm³/mol. The van der Waals surface area contributed by atoms with E-state index < -0.39 is 5.97 Å². The van der Waals surface area contributed by atoms with Crippen molar-refractivity contribution >= 4 is 17.0 Å². The van der Waals surface area contributed by atoms with Crippen molar-refractivity contribution < 1.29 is 9.53 Å². The van der Waals surface area contributed by atoms with Gasteiger partial charge in [0.2, 0.25) is 0 Å². The molecule has 1 aromatic heterocycles. The van der Waals surface area contributed by atoms with Gasteiger partial charge in [0.05, 0.1) is 24.1 Å². The number of carbonyl (C=O) groups is 1. The van der Waals surface area contributed by atoms with Gasteiger partial charge in [-0.05, 0) is 82.9 Å². The second kappa shape index (κ2) is 10.8. The second-order valence-electron chi connectivity index (χ2n) is 11.2. The second-order valence-corrected chi connectivity index (χ2v) is 11.2. The molecule has 1 aromatic carbocycles. The molecule has 1 aliphatic heterocycles. The maximum atomic E-state index is 13.6. The van der Waals surface area contributed by atoms with Crippen LogP contribution in [0.4, 0.5) is 0 Å². The summed E-state index contributed by atoms with van der Waals surface area (Å²) in [4.78, 5) is 33.1. The monoisotopic (exact) mass is 479 g/mol. The number of fused-ring (bicyclic) bond motifs is 3. The van der Waals surface area contributed by atoms with Crippen LogP contribution in [0.2, 0.25) is 0 Å². The van der Waals surface area contributed by atoms with Gasteiger partial charge in [-0.1, -0.05) is 37.8 Å². The van der Waals surface area contributed by atoms with Crippen molar-refractivity contribution in [2.45, 2.75) is 103 Å². The number of hydrogen-bond donors (Lipinski definition) is 0. The van der Waals surface area contributed by atoms with Crippen molar-refractivity contribution in [3.8, 4) is 0 Å². The Balaban J connectivity index is 1.38. The molecular weight excluding hydrogens is 438 g/mol. The minimum absolute atomic E-state index is 0.0350. The Morgan fingerprint density at radius 3 is 2.57 bits per heavy atom. The Bertz CT molecular complexity index is 1080. The minimum Gasteiger partial charge on any atom is -0.466 e. The Kier molecular flexibility index (Phi) is 7.56. The number of para-hydroxylation sites is 2. The summed E-state index contributed by atoms with van der Waals surface area (Å²) in [5.41, 5.74) is 1.75. The van der Waals surface area contributed by atoms with E-state index in [-0.39, 0.29) is 23.7 Å². The quantitative estimate of drug-likeness (QED) is 0.506. The first-order valence-corrected chi connectivity index (χ1v) is 13.9. The van der Waals surface area contributed by atoms with E-state index in [9.17, 15) is 9.59 Å². The topological polar surface area (TPSA) is 64.4 Å². The van der Waals surface area contributed by atoms with Gasteiger partial charge in [0.25, 0.3) is 5.56 Å². The van der Waals surface area contributed by atoms with Crippen LogP contribution in [0.3, 0.4) is 0 Å². The predicted octanol–water partition coefficient (Wildman–Crippen LogP) is 5.28. The summed E-state index contributed by atoms with van der Waals surface area (Å²) in [6.07, 6.45) is 13.2. The van der Waals surface area contributed by atoms with Gasteiger partial charge in [-0.25, -0.2) is 4.98 Å². The summed E-state index contributed by atoms with van der Waals surface area (Å²) in [5.74, 6) is 1.43. The molecule has 2 saturated carbocycles. The number of hydrogen-bond acceptors (Lipinski definition) is 5. The van der Waals surface area contributed by atoms with Crippen molar-refractivity contribution in [1.82, 2.24) is 14.5 Å². The van der Waals surface area contributed by atoms with Gasteiger partial charge in [0.1, 0.15) is 5.69 Å². The van der Waals surface area contributed by atoms with Crippen LogP contribution in [-0.2, 0) is 16.0 Å². The molecular formula is C29H41N3O3. The standard InChI is InChI=1S/C29H41N3O3/c1-3-35-28(33)19-26-29(34)32(27-13-7-6-12-25(27)30-26)20(2)15-23-11-8-14-31(23)24-17-21-9-4-5-10-22(16-21)18-24/h6-7,12-13,20-24H,3-5,8-11,14-19H2,1-2H3/t20-,21?,22?,23-,24?/m0/s1. The van der Waals surface area contributed by atoms with Crippen LogP contribution in [0.25, 0.3) is 11.0 Å². The maximum absolute atomic E-state index is 13.6. The molecule has 4 atom stereocenters. The summed E-state index contributed by atoms with van der Waals surface area (Å²) in [6.45, 7) is 5.44. The zero-order valence-electron chi connectivity index (χ0n) is 21.5. The molecule has 0 radical (unpaired) electrons. The van der Waals surface area contributed by atoms with Crippen LogP contribution in [0.5, 0.6) is 0 Å². The van der Waals surface area contributed by atoms with Crippen molar-refractivity contribution in [2.24, 2.45) is 11.8 Å². The Hall–Kier alpha value is -2.21. The summed E-state index contributed by atoms with van der Waals surface area (Å²) >= 11 is 0. The SMILES string of the molecule is CCOC(=O)Cc1nc2ccccc2n([C@@H](C)C[C@@H]2CCCN2C2CC3CCCCC(C3)C2)c1=O. The van der Waals surface area contributed by atoms with Crippen molar-refractivity contribution in [2.75, 3.05) is 13.2 Å². The number of nitrogens with zero attached hydrogens (tertiary/aromatic N) is 3. The largest absolute Gasteiger partial charge is 0.466 e. The first kappa shape index (κ1) is 24.5. The van der Waals surface area contributed by atoms with E-state index in [0.29, 0.717) is 18.7 Å². The number of aromatic nitrogens is 2. The van der Waals surface area contributed by atoms with Crippen molar-refractivity contribution in [3.63, 3.8) is 0 Å². The van der Waals surface area contributed by atoms with Gasteiger partial charge < -0.3 is 9.30 Å². The number of esters is 1. The molecule has 2 unspecified atom stereocenters. The van der Waals surface area contributed by atoms with E-state index in [1.54, 1.807) is 6.92 Å². The molecule has 2 aliphatic carbocycles. The number of benzene rings is 1. The molecule has 5 rings (SSSR count). The highest BCUT2D eigenvalue weighted by Gasteiger charge is 2.38. The Labute approximate surface area is 209 Å². The van der Waals surface area contributed by atoms with Gasteiger partial charge in [-0.2, -0.15) is 0 Å². The van der Waals surface area contributed by atoms with E-state index in [2.05, 4.69) is 16.8 Å². The van der Waals surface area contributed by atoms with Gasteiger partial charge in [-0.3, -0.25) is 14.5 Å². The van der Waals surface area contributed by atoms with Crippen LogP contribution < -0.4 is 5.56 Å². The molecule has 3 fully saturated rings. The third kappa shape index (κ3) is 5.32. The lowest BCUT2D eigenvalue weighted by molar-refractivity contribution is -0.142. The molecule has 0 spiro atoms. The highest BCUT2D eigenvalue weighted by molar-refractivity contribution is 5.77. The number of likely N-dealkylation sites (tertiary alicyclic amines) is 1. The van der Waals surface area contributed by atoms with Crippen molar-refractivity contribution in [3.05, 3.63) is 40.3 Å². The van der Waals surface area contributed by atoms with Crippen LogP contribution in [-0.4, -0.2) is 45.7 Å². The molecule has 2 heterocycles. The lowest BCUT2D eigenvalue weighted by atomic mass is 9.77. The first-order valence-electron chi connectivity index (χ1n) is 13.9. The Morgan fingerprint density at radius 1 is 1.09 bits per heavy atom. The smallest absolute Gasteiger partial charge is 0.312 e. The molecule has 3 aliphatic rings. The number of rotatable bonds is 7. The molecule has 2 bridgehead atoms. The summed E-state index contributed by atoms with van der Waals surface area (Å²) < 4.78 is 7.01. The van der Waals surface area contributed by atoms with Gasteiger partial charge in [0, 0.05) is 18.1 Å². The lowest BCUT2D eigenvalue weighted by Gasteiger charge is -2.41. The molecule has 190 valence electrons. The molecule has 0 amide bonds. The fourth-order valence-electron chi connectivity index (χ4n) is 7.33. The summed E-state index contributed by atoms with van der Waals surface area (Å²) in [7, 11) is 0. The average Bonchev–Trinajstić information content (AvgIpc) is 3.23. The van der Waals surface area contributed by atoms with E-state index in [0.717, 1.165) is 29.3 Å². The fraction of sp³-hybridized carbons (Fsp3) is 0.690. The molecule has 0 N–H and O–H groups in total.